The lowest BCUT2D eigenvalue weighted by atomic mass is 10.3. The van der Waals surface area contributed by atoms with Crippen molar-refractivity contribution in [3.8, 4) is 5.69 Å². The number of carboxylic acids is 1. The lowest BCUT2D eigenvalue weighted by molar-refractivity contribution is -0.133. The molecule has 0 aliphatic carbocycles. The third kappa shape index (κ3) is 2.90. The fraction of sp³-hybridized carbons (Fsp3) is 0.111. The van der Waals surface area contributed by atoms with Gasteiger partial charge in [-0.2, -0.15) is 4.68 Å². The minimum atomic E-state index is -0.916. The van der Waals surface area contributed by atoms with Crippen molar-refractivity contribution in [2.75, 3.05) is 5.75 Å². The number of halogens is 2. The first-order valence-corrected chi connectivity index (χ1v) is 7.24. The lowest BCUT2D eigenvalue weighted by Crippen LogP contribution is -2.04. The van der Waals surface area contributed by atoms with E-state index in [1.54, 1.807) is 0 Å². The van der Waals surface area contributed by atoms with Crippen molar-refractivity contribution in [3.05, 3.63) is 27.1 Å². The van der Waals surface area contributed by atoms with Crippen LogP contribution in [-0.4, -0.2) is 37.0 Å². The van der Waals surface area contributed by atoms with Gasteiger partial charge >= 0.3 is 5.97 Å². The summed E-state index contributed by atoms with van der Waals surface area (Å²) in [6.45, 7) is 0. The van der Waals surface area contributed by atoms with E-state index in [0.29, 0.717) is 5.16 Å². The highest BCUT2D eigenvalue weighted by molar-refractivity contribution is 9.11. The maximum Gasteiger partial charge on any atom is 0.313 e. The van der Waals surface area contributed by atoms with Crippen LogP contribution < -0.4 is 0 Å². The van der Waals surface area contributed by atoms with Crippen LogP contribution in [0.15, 0.2) is 32.3 Å². The highest BCUT2D eigenvalue weighted by Crippen LogP contribution is 2.30. The van der Waals surface area contributed by atoms with E-state index in [1.165, 1.54) is 4.68 Å². The molecule has 9 heteroatoms. The molecule has 0 aliphatic rings. The highest BCUT2D eigenvalue weighted by atomic mass is 79.9. The Bertz CT molecular complexity index is 569. The molecule has 0 unspecified atom stereocenters. The summed E-state index contributed by atoms with van der Waals surface area (Å²) in [5.41, 5.74) is 0.732. The van der Waals surface area contributed by atoms with Gasteiger partial charge in [-0.1, -0.05) is 17.8 Å². The number of rotatable bonds is 4. The number of hydrogen-bond acceptors (Lipinski definition) is 5. The first-order chi connectivity index (χ1) is 8.59. The predicted molar refractivity (Wildman–Crippen MR) is 72.9 cm³/mol. The second-order valence-electron chi connectivity index (χ2n) is 3.13. The zero-order valence-electron chi connectivity index (χ0n) is 8.75. The van der Waals surface area contributed by atoms with Crippen LogP contribution in [0.1, 0.15) is 0 Å². The van der Waals surface area contributed by atoms with Crippen molar-refractivity contribution < 1.29 is 9.90 Å². The minimum Gasteiger partial charge on any atom is -0.481 e. The smallest absolute Gasteiger partial charge is 0.313 e. The van der Waals surface area contributed by atoms with Crippen LogP contribution in [0.25, 0.3) is 5.69 Å². The maximum absolute atomic E-state index is 10.6. The van der Waals surface area contributed by atoms with Crippen molar-refractivity contribution in [1.29, 1.82) is 0 Å². The summed E-state index contributed by atoms with van der Waals surface area (Å²) in [7, 11) is 0. The van der Waals surface area contributed by atoms with Gasteiger partial charge in [0, 0.05) is 8.95 Å². The van der Waals surface area contributed by atoms with E-state index in [9.17, 15) is 4.79 Å². The molecular formula is C9H6Br2N4O2S. The monoisotopic (exact) mass is 392 g/mol. The van der Waals surface area contributed by atoms with Crippen molar-refractivity contribution in [3.63, 3.8) is 0 Å². The third-order valence-electron chi connectivity index (χ3n) is 1.91. The van der Waals surface area contributed by atoms with E-state index in [2.05, 4.69) is 47.4 Å². The van der Waals surface area contributed by atoms with E-state index in [-0.39, 0.29) is 5.75 Å². The second kappa shape index (κ2) is 5.81. The number of nitrogens with zero attached hydrogens (tertiary/aromatic N) is 4. The molecule has 1 aromatic heterocycles. The largest absolute Gasteiger partial charge is 0.481 e. The molecule has 2 rings (SSSR count). The molecule has 6 nitrogen and oxygen atoms in total. The van der Waals surface area contributed by atoms with E-state index < -0.39 is 5.97 Å². The Morgan fingerprint density at radius 3 is 2.67 bits per heavy atom. The summed E-state index contributed by atoms with van der Waals surface area (Å²) in [5.74, 6) is -1.01. The Labute approximate surface area is 123 Å². The molecule has 1 heterocycles. The van der Waals surface area contributed by atoms with E-state index >= 15 is 0 Å². The number of benzene rings is 1. The number of carboxylic acid groups (broad SMARTS) is 1. The number of aromatic nitrogens is 4. The Balaban J connectivity index is 2.39. The molecule has 0 amide bonds. The Kier molecular flexibility index (Phi) is 4.36. The normalized spacial score (nSPS) is 10.6. The van der Waals surface area contributed by atoms with Gasteiger partial charge in [-0.3, -0.25) is 4.79 Å². The van der Waals surface area contributed by atoms with Crippen LogP contribution in [0.5, 0.6) is 0 Å². The van der Waals surface area contributed by atoms with Crippen LogP contribution in [0.4, 0.5) is 0 Å². The van der Waals surface area contributed by atoms with Crippen LogP contribution in [-0.2, 0) is 4.79 Å². The van der Waals surface area contributed by atoms with Crippen molar-refractivity contribution in [1.82, 2.24) is 20.2 Å². The van der Waals surface area contributed by atoms with E-state index in [1.807, 2.05) is 18.2 Å². The topological polar surface area (TPSA) is 80.9 Å². The molecule has 1 N–H and O–H groups in total. The molecule has 0 saturated heterocycles. The maximum atomic E-state index is 10.6. The van der Waals surface area contributed by atoms with Gasteiger partial charge in [0.15, 0.2) is 0 Å². The molecule has 0 saturated carbocycles. The number of hydrogen-bond donors (Lipinski definition) is 1. The Morgan fingerprint density at radius 1 is 1.39 bits per heavy atom. The van der Waals surface area contributed by atoms with Gasteiger partial charge in [0.05, 0.1) is 11.4 Å². The Morgan fingerprint density at radius 2 is 2.06 bits per heavy atom. The predicted octanol–water partition coefficient (Wildman–Crippen LogP) is 2.36. The molecule has 0 atom stereocenters. The minimum absolute atomic E-state index is 0.0948. The summed E-state index contributed by atoms with van der Waals surface area (Å²) in [5, 5.41) is 20.3. The van der Waals surface area contributed by atoms with Gasteiger partial charge in [0.25, 0.3) is 0 Å². The third-order valence-corrected chi connectivity index (χ3v) is 4.10. The van der Waals surface area contributed by atoms with Gasteiger partial charge in [-0.25, -0.2) is 0 Å². The number of tetrazole rings is 1. The second-order valence-corrected chi connectivity index (χ2v) is 5.78. The Hall–Kier alpha value is -0.930. The fourth-order valence-electron chi connectivity index (χ4n) is 1.23. The fourth-order valence-corrected chi connectivity index (χ4v) is 3.16. The van der Waals surface area contributed by atoms with Crippen LogP contribution in [0, 0.1) is 0 Å². The average Bonchev–Trinajstić information content (AvgIpc) is 2.74. The molecule has 18 heavy (non-hydrogen) atoms. The van der Waals surface area contributed by atoms with Gasteiger partial charge in [0.1, 0.15) is 0 Å². The summed E-state index contributed by atoms with van der Waals surface area (Å²) in [6, 6.07) is 5.58. The summed E-state index contributed by atoms with van der Waals surface area (Å²) in [4.78, 5) is 10.6. The molecular weight excluding hydrogens is 388 g/mol. The summed E-state index contributed by atoms with van der Waals surface area (Å²) >= 11 is 7.88. The average molecular weight is 394 g/mol. The van der Waals surface area contributed by atoms with Crippen LogP contribution in [0.2, 0.25) is 0 Å². The quantitative estimate of drug-likeness (QED) is 0.803. The zero-order chi connectivity index (χ0) is 13.1. The standard InChI is InChI=1S/C9H6Br2N4O2S/c10-5-2-1-3-6(11)8(5)15-9(12-13-14-15)18-4-7(16)17/h1-3H,4H2,(H,16,17). The van der Waals surface area contributed by atoms with Crippen LogP contribution in [0.3, 0.4) is 0 Å². The van der Waals surface area contributed by atoms with Crippen molar-refractivity contribution in [2.45, 2.75) is 5.16 Å². The summed E-state index contributed by atoms with van der Waals surface area (Å²) < 4.78 is 3.10. The number of para-hydroxylation sites is 1. The molecule has 1 aromatic carbocycles. The number of aliphatic carboxylic acids is 1. The van der Waals surface area contributed by atoms with Crippen LogP contribution >= 0.6 is 43.6 Å². The molecule has 0 fully saturated rings. The first-order valence-electron chi connectivity index (χ1n) is 4.67. The van der Waals surface area contributed by atoms with Gasteiger partial charge < -0.3 is 5.11 Å². The SMILES string of the molecule is O=C(O)CSc1nnnn1-c1c(Br)cccc1Br. The van der Waals surface area contributed by atoms with Crippen molar-refractivity contribution >= 4 is 49.6 Å². The van der Waals surface area contributed by atoms with Gasteiger partial charge in [-0.15, -0.1) is 5.10 Å². The van der Waals surface area contributed by atoms with Gasteiger partial charge in [0.2, 0.25) is 5.16 Å². The number of thioether (sulfide) groups is 1. The highest BCUT2D eigenvalue weighted by Gasteiger charge is 2.15. The molecule has 94 valence electrons. The van der Waals surface area contributed by atoms with E-state index in [0.717, 1.165) is 26.4 Å². The first kappa shape index (κ1) is 13.5. The van der Waals surface area contributed by atoms with Gasteiger partial charge in [-0.05, 0) is 54.4 Å². The molecule has 0 bridgehead atoms. The zero-order valence-corrected chi connectivity index (χ0v) is 12.7. The molecule has 0 radical (unpaired) electrons. The van der Waals surface area contributed by atoms with Crippen molar-refractivity contribution in [2.24, 2.45) is 0 Å². The number of carbonyl (C=O) groups is 1. The summed E-state index contributed by atoms with van der Waals surface area (Å²) in [6.07, 6.45) is 0. The molecule has 0 spiro atoms. The lowest BCUT2D eigenvalue weighted by Gasteiger charge is -2.07. The molecule has 0 aliphatic heterocycles. The van der Waals surface area contributed by atoms with E-state index in [4.69, 9.17) is 5.11 Å². The molecule has 2 aromatic rings.